The molecule has 0 saturated heterocycles. The molecular formula is C25H19NO3. The number of para-hydroxylation sites is 2. The maximum absolute atomic E-state index is 12.8. The summed E-state index contributed by atoms with van der Waals surface area (Å²) in [7, 11) is 0. The number of fused-ring (bicyclic) bond motifs is 1. The Morgan fingerprint density at radius 3 is 2.28 bits per heavy atom. The van der Waals surface area contributed by atoms with Gasteiger partial charge in [0, 0.05) is 5.56 Å². The van der Waals surface area contributed by atoms with Crippen molar-refractivity contribution in [2.45, 2.75) is 6.92 Å². The van der Waals surface area contributed by atoms with Crippen molar-refractivity contribution in [3.63, 3.8) is 0 Å². The van der Waals surface area contributed by atoms with E-state index in [1.165, 1.54) is 0 Å². The molecule has 0 radical (unpaired) electrons. The maximum Gasteiger partial charge on any atom is 0.344 e. The Morgan fingerprint density at radius 1 is 0.759 bits per heavy atom. The Balaban J connectivity index is 1.59. The minimum Gasteiger partial charge on any atom is -0.421 e. The molecule has 4 heteroatoms. The average molecular weight is 381 g/mol. The van der Waals surface area contributed by atoms with Crippen molar-refractivity contribution in [1.82, 2.24) is 0 Å². The van der Waals surface area contributed by atoms with Gasteiger partial charge in [0.25, 0.3) is 5.91 Å². The van der Waals surface area contributed by atoms with Gasteiger partial charge in [-0.2, -0.15) is 0 Å². The summed E-state index contributed by atoms with van der Waals surface area (Å²) in [6.07, 6.45) is 0. The molecule has 0 aliphatic carbocycles. The molecule has 4 aromatic carbocycles. The van der Waals surface area contributed by atoms with E-state index in [2.05, 4.69) is 5.32 Å². The number of esters is 1. The number of aryl methyl sites for hydroxylation is 1. The van der Waals surface area contributed by atoms with Crippen molar-refractivity contribution < 1.29 is 14.3 Å². The third-order valence-corrected chi connectivity index (χ3v) is 4.66. The number of ether oxygens (including phenoxy) is 1. The van der Waals surface area contributed by atoms with Crippen LogP contribution in [0.4, 0.5) is 5.69 Å². The van der Waals surface area contributed by atoms with Crippen LogP contribution >= 0.6 is 0 Å². The second-order valence-corrected chi connectivity index (χ2v) is 6.73. The molecule has 0 heterocycles. The molecule has 4 nitrogen and oxygen atoms in total. The van der Waals surface area contributed by atoms with Gasteiger partial charge in [0.05, 0.1) is 11.3 Å². The first-order valence-corrected chi connectivity index (χ1v) is 9.29. The highest BCUT2D eigenvalue weighted by Crippen LogP contribution is 2.27. The number of hydrogen-bond acceptors (Lipinski definition) is 3. The van der Waals surface area contributed by atoms with E-state index in [0.29, 0.717) is 22.6 Å². The SMILES string of the molecule is Cc1ccc(C(=O)Nc2ccccc2OC(=O)c2cccc3ccccc23)cc1. The van der Waals surface area contributed by atoms with Gasteiger partial charge >= 0.3 is 5.97 Å². The molecule has 0 aliphatic heterocycles. The molecule has 0 aliphatic rings. The zero-order valence-electron chi connectivity index (χ0n) is 15.9. The van der Waals surface area contributed by atoms with E-state index in [1.54, 1.807) is 42.5 Å². The lowest BCUT2D eigenvalue weighted by atomic mass is 10.0. The molecule has 0 saturated carbocycles. The number of carbonyl (C=O) groups is 2. The molecule has 4 rings (SSSR count). The topological polar surface area (TPSA) is 55.4 Å². The van der Waals surface area contributed by atoms with E-state index in [1.807, 2.05) is 55.5 Å². The number of anilines is 1. The molecule has 0 spiro atoms. The number of benzene rings is 4. The number of nitrogens with one attached hydrogen (secondary N) is 1. The number of carbonyl (C=O) groups excluding carboxylic acids is 2. The van der Waals surface area contributed by atoms with Gasteiger partial charge in [-0.25, -0.2) is 4.79 Å². The Kier molecular flexibility index (Phi) is 5.08. The van der Waals surface area contributed by atoms with Gasteiger partial charge in [-0.3, -0.25) is 4.79 Å². The second kappa shape index (κ2) is 7.98. The maximum atomic E-state index is 12.8. The van der Waals surface area contributed by atoms with Crippen molar-refractivity contribution in [2.75, 3.05) is 5.32 Å². The van der Waals surface area contributed by atoms with Crippen LogP contribution in [0.15, 0.2) is 91.0 Å². The van der Waals surface area contributed by atoms with E-state index in [9.17, 15) is 9.59 Å². The zero-order valence-corrected chi connectivity index (χ0v) is 15.9. The van der Waals surface area contributed by atoms with Crippen LogP contribution in [0.3, 0.4) is 0 Å². The van der Waals surface area contributed by atoms with E-state index in [0.717, 1.165) is 16.3 Å². The van der Waals surface area contributed by atoms with Crippen molar-refractivity contribution in [3.8, 4) is 5.75 Å². The van der Waals surface area contributed by atoms with Crippen LogP contribution in [0.5, 0.6) is 5.75 Å². The fraction of sp³-hybridized carbons (Fsp3) is 0.0400. The smallest absolute Gasteiger partial charge is 0.344 e. The van der Waals surface area contributed by atoms with Crippen molar-refractivity contribution in [2.24, 2.45) is 0 Å². The highest BCUT2D eigenvalue weighted by Gasteiger charge is 2.16. The van der Waals surface area contributed by atoms with Crippen molar-refractivity contribution in [3.05, 3.63) is 108 Å². The van der Waals surface area contributed by atoms with Crippen LogP contribution in [-0.4, -0.2) is 11.9 Å². The van der Waals surface area contributed by atoms with E-state index < -0.39 is 5.97 Å². The summed E-state index contributed by atoms with van der Waals surface area (Å²) in [4.78, 5) is 25.4. The summed E-state index contributed by atoms with van der Waals surface area (Å²) >= 11 is 0. The summed E-state index contributed by atoms with van der Waals surface area (Å²) < 4.78 is 5.64. The zero-order chi connectivity index (χ0) is 20.2. The lowest BCUT2D eigenvalue weighted by Crippen LogP contribution is -2.15. The Labute approximate surface area is 168 Å². The molecule has 142 valence electrons. The van der Waals surface area contributed by atoms with Crippen molar-refractivity contribution in [1.29, 1.82) is 0 Å². The molecule has 1 N–H and O–H groups in total. The summed E-state index contributed by atoms with van der Waals surface area (Å²) in [6, 6.07) is 27.3. The second-order valence-electron chi connectivity index (χ2n) is 6.73. The van der Waals surface area contributed by atoms with Gasteiger partial charge in [-0.05, 0) is 48.0 Å². The fourth-order valence-electron chi connectivity index (χ4n) is 3.12. The molecule has 0 atom stereocenters. The highest BCUT2D eigenvalue weighted by molar-refractivity contribution is 6.07. The molecule has 0 bridgehead atoms. The Hall–Kier alpha value is -3.92. The molecular weight excluding hydrogens is 362 g/mol. The summed E-state index contributed by atoms with van der Waals surface area (Å²) in [5.41, 5.74) is 2.52. The van der Waals surface area contributed by atoms with E-state index in [-0.39, 0.29) is 5.91 Å². The Morgan fingerprint density at radius 2 is 1.45 bits per heavy atom. The number of rotatable bonds is 4. The first-order chi connectivity index (χ1) is 14.1. The average Bonchev–Trinajstić information content (AvgIpc) is 2.75. The first-order valence-electron chi connectivity index (χ1n) is 9.29. The van der Waals surface area contributed by atoms with Gasteiger partial charge in [0.15, 0.2) is 5.75 Å². The monoisotopic (exact) mass is 381 g/mol. The fourth-order valence-corrected chi connectivity index (χ4v) is 3.12. The van der Waals surface area contributed by atoms with Gasteiger partial charge in [0.1, 0.15) is 0 Å². The van der Waals surface area contributed by atoms with Crippen LogP contribution in [0.25, 0.3) is 10.8 Å². The molecule has 0 unspecified atom stereocenters. The van der Waals surface area contributed by atoms with Gasteiger partial charge in [0.2, 0.25) is 0 Å². The van der Waals surface area contributed by atoms with Gasteiger partial charge < -0.3 is 10.1 Å². The number of hydrogen-bond donors (Lipinski definition) is 1. The largest absolute Gasteiger partial charge is 0.421 e. The third kappa shape index (κ3) is 4.01. The van der Waals surface area contributed by atoms with Crippen LogP contribution in [-0.2, 0) is 0 Å². The van der Waals surface area contributed by atoms with Crippen LogP contribution in [0.2, 0.25) is 0 Å². The summed E-state index contributed by atoms with van der Waals surface area (Å²) in [5, 5.41) is 4.61. The summed E-state index contributed by atoms with van der Waals surface area (Å²) in [6.45, 7) is 1.96. The predicted molar refractivity (Wildman–Crippen MR) is 114 cm³/mol. The minimum absolute atomic E-state index is 0.265. The van der Waals surface area contributed by atoms with Crippen molar-refractivity contribution >= 4 is 28.3 Å². The van der Waals surface area contributed by atoms with Crippen LogP contribution in [0.1, 0.15) is 26.3 Å². The van der Waals surface area contributed by atoms with Gasteiger partial charge in [-0.1, -0.05) is 66.2 Å². The Bertz CT molecular complexity index is 1190. The molecule has 4 aromatic rings. The molecule has 0 aromatic heterocycles. The summed E-state index contributed by atoms with van der Waals surface area (Å²) in [5.74, 6) is -0.441. The first kappa shape index (κ1) is 18.4. The van der Waals surface area contributed by atoms with E-state index in [4.69, 9.17) is 4.74 Å². The van der Waals surface area contributed by atoms with Crippen LogP contribution < -0.4 is 10.1 Å². The molecule has 29 heavy (non-hydrogen) atoms. The standard InChI is InChI=1S/C25H19NO3/c1-17-13-15-19(16-14-17)24(27)26-22-11-4-5-12-23(22)29-25(28)21-10-6-8-18-7-2-3-9-20(18)21/h2-16H,1H3,(H,26,27). The number of amides is 1. The quantitative estimate of drug-likeness (QED) is 0.369. The lowest BCUT2D eigenvalue weighted by Gasteiger charge is -2.12. The van der Waals surface area contributed by atoms with Crippen LogP contribution in [0, 0.1) is 6.92 Å². The lowest BCUT2D eigenvalue weighted by molar-refractivity contribution is 0.0736. The highest BCUT2D eigenvalue weighted by atomic mass is 16.5. The predicted octanol–water partition coefficient (Wildman–Crippen LogP) is 5.62. The molecule has 0 fully saturated rings. The minimum atomic E-state index is -0.473. The third-order valence-electron chi connectivity index (χ3n) is 4.66. The van der Waals surface area contributed by atoms with Gasteiger partial charge in [-0.15, -0.1) is 0 Å². The van der Waals surface area contributed by atoms with E-state index >= 15 is 0 Å². The molecule has 1 amide bonds. The normalized spacial score (nSPS) is 10.5.